The zero-order valence-corrected chi connectivity index (χ0v) is 22.3. The Hall–Kier alpha value is -1.90. The van der Waals surface area contributed by atoms with Crippen molar-refractivity contribution in [2.45, 2.75) is 13.1 Å². The number of hydrogen-bond donors (Lipinski definition) is 0. The lowest BCUT2D eigenvalue weighted by Crippen LogP contribution is -2.53. The van der Waals surface area contributed by atoms with E-state index in [4.69, 9.17) is 18.9 Å². The van der Waals surface area contributed by atoms with Gasteiger partial charge in [-0.2, -0.15) is 0 Å². The van der Waals surface area contributed by atoms with E-state index in [9.17, 15) is 0 Å². The molecule has 0 atom stereocenters. The molecule has 2 rings (SSSR count). The number of methoxy groups -OCH3 is 4. The molecule has 0 bridgehead atoms. The Labute approximate surface area is 201 Å². The van der Waals surface area contributed by atoms with Crippen molar-refractivity contribution < 1.29 is 18.9 Å². The monoisotopic (exact) mass is 474 g/mol. The van der Waals surface area contributed by atoms with Gasteiger partial charge in [-0.05, 0) is 24.3 Å². The maximum absolute atomic E-state index is 5.34. The van der Waals surface area contributed by atoms with Gasteiger partial charge in [-0.15, -0.1) is 0 Å². The van der Waals surface area contributed by atoms with E-state index in [1.807, 2.05) is 0 Å². The number of ether oxygens (including phenoxy) is 4. The van der Waals surface area contributed by atoms with Gasteiger partial charge in [-0.1, -0.05) is 47.7 Å². The Bertz CT molecular complexity index is 737. The average molecular weight is 475 g/mol. The van der Waals surface area contributed by atoms with E-state index >= 15 is 0 Å². The smallest absolute Gasteiger partial charge is 0.112 e. The maximum atomic E-state index is 5.34. The predicted octanol–water partition coefficient (Wildman–Crippen LogP) is 2.71. The summed E-state index contributed by atoms with van der Waals surface area (Å²) in [6.07, 6.45) is 0. The molecule has 0 aliphatic carbocycles. The predicted molar refractivity (Wildman–Crippen MR) is 142 cm³/mol. The Morgan fingerprint density at radius 2 is 0.909 bits per heavy atom. The van der Waals surface area contributed by atoms with Crippen LogP contribution in [0.1, 0.15) is 0 Å². The van der Waals surface area contributed by atoms with E-state index in [1.54, 1.807) is 28.4 Å². The van der Waals surface area contributed by atoms with E-state index in [0.29, 0.717) is 26.4 Å². The second-order valence-electron chi connectivity index (χ2n) is 8.67. The van der Waals surface area contributed by atoms with Gasteiger partial charge in [0.2, 0.25) is 0 Å². The highest BCUT2D eigenvalue weighted by atomic mass is 28.3. The minimum atomic E-state index is -1.91. The molecule has 6 nitrogen and oxygen atoms in total. The van der Waals surface area contributed by atoms with Gasteiger partial charge in [0.25, 0.3) is 0 Å². The van der Waals surface area contributed by atoms with Crippen LogP contribution in [0.5, 0.6) is 0 Å². The largest absolute Gasteiger partial charge is 0.383 e. The molecule has 33 heavy (non-hydrogen) atoms. The van der Waals surface area contributed by atoms with Crippen LogP contribution in [-0.2, 0) is 18.9 Å². The SMILES string of the molecule is COCCN(CCOC)c1cccc([Si](C)(C)c2cccc(N(CCOC)CCOC)c2)c1. The highest BCUT2D eigenvalue weighted by molar-refractivity contribution is 7.00. The minimum absolute atomic E-state index is 0.690. The lowest BCUT2D eigenvalue weighted by atomic mass is 10.2. The second kappa shape index (κ2) is 14.4. The molecular formula is C26H42N2O4Si. The summed E-state index contributed by atoms with van der Waals surface area (Å²) in [5.74, 6) is 0. The molecule has 2 aromatic carbocycles. The number of nitrogens with zero attached hydrogens (tertiary/aromatic N) is 2. The number of benzene rings is 2. The van der Waals surface area contributed by atoms with Crippen molar-refractivity contribution in [2.75, 3.05) is 90.8 Å². The topological polar surface area (TPSA) is 43.4 Å². The summed E-state index contributed by atoms with van der Waals surface area (Å²) >= 11 is 0. The van der Waals surface area contributed by atoms with Crippen molar-refractivity contribution in [3.05, 3.63) is 48.5 Å². The van der Waals surface area contributed by atoms with E-state index in [-0.39, 0.29) is 0 Å². The molecule has 0 saturated heterocycles. The molecule has 0 radical (unpaired) electrons. The number of hydrogen-bond acceptors (Lipinski definition) is 6. The van der Waals surface area contributed by atoms with Crippen LogP contribution in [0.15, 0.2) is 48.5 Å². The fraction of sp³-hybridized carbons (Fsp3) is 0.538. The molecular weight excluding hydrogens is 432 g/mol. The first-order valence-corrected chi connectivity index (χ1v) is 14.6. The molecule has 7 heteroatoms. The Balaban J connectivity index is 2.33. The third kappa shape index (κ3) is 8.12. The molecule has 0 aliphatic rings. The number of anilines is 2. The Morgan fingerprint density at radius 1 is 0.576 bits per heavy atom. The quantitative estimate of drug-likeness (QED) is 0.349. The van der Waals surface area contributed by atoms with Gasteiger partial charge in [0.15, 0.2) is 0 Å². The van der Waals surface area contributed by atoms with Gasteiger partial charge < -0.3 is 28.7 Å². The molecule has 184 valence electrons. The molecule has 0 amide bonds. The van der Waals surface area contributed by atoms with Crippen molar-refractivity contribution in [2.24, 2.45) is 0 Å². The van der Waals surface area contributed by atoms with Gasteiger partial charge in [-0.3, -0.25) is 0 Å². The van der Waals surface area contributed by atoms with Crippen molar-refractivity contribution in [3.8, 4) is 0 Å². The molecule has 0 N–H and O–H groups in total. The lowest BCUT2D eigenvalue weighted by Gasteiger charge is -2.30. The van der Waals surface area contributed by atoms with Gasteiger partial charge in [0.1, 0.15) is 8.07 Å². The zero-order valence-electron chi connectivity index (χ0n) is 21.3. The third-order valence-corrected chi connectivity index (χ3v) is 9.64. The first-order chi connectivity index (χ1) is 16.0. The van der Waals surface area contributed by atoms with E-state index in [2.05, 4.69) is 71.4 Å². The van der Waals surface area contributed by atoms with Crippen LogP contribution in [0.25, 0.3) is 0 Å². The molecule has 2 aromatic rings. The van der Waals surface area contributed by atoms with Crippen LogP contribution in [0.3, 0.4) is 0 Å². The normalized spacial score (nSPS) is 11.6. The van der Waals surface area contributed by atoms with Gasteiger partial charge in [-0.25, -0.2) is 0 Å². The van der Waals surface area contributed by atoms with E-state index in [0.717, 1.165) is 26.2 Å². The molecule has 0 saturated carbocycles. The molecule has 0 spiro atoms. The first kappa shape index (κ1) is 27.3. The van der Waals surface area contributed by atoms with E-state index < -0.39 is 8.07 Å². The summed E-state index contributed by atoms with van der Waals surface area (Å²) in [5.41, 5.74) is 2.44. The Morgan fingerprint density at radius 3 is 1.21 bits per heavy atom. The van der Waals surface area contributed by atoms with Crippen LogP contribution < -0.4 is 20.2 Å². The van der Waals surface area contributed by atoms with Crippen LogP contribution >= 0.6 is 0 Å². The van der Waals surface area contributed by atoms with Crippen molar-refractivity contribution >= 4 is 29.8 Å². The van der Waals surface area contributed by atoms with Crippen LogP contribution in [-0.4, -0.2) is 89.1 Å². The first-order valence-electron chi connectivity index (χ1n) is 11.6. The summed E-state index contributed by atoms with van der Waals surface area (Å²) in [6, 6.07) is 18.0. The van der Waals surface area contributed by atoms with Gasteiger partial charge in [0, 0.05) is 66.0 Å². The second-order valence-corrected chi connectivity index (χ2v) is 13.1. The molecule has 0 aromatic heterocycles. The van der Waals surface area contributed by atoms with E-state index in [1.165, 1.54) is 21.7 Å². The highest BCUT2D eigenvalue weighted by Crippen LogP contribution is 2.18. The summed E-state index contributed by atoms with van der Waals surface area (Å²) in [5, 5.41) is 2.83. The molecule has 0 aliphatic heterocycles. The van der Waals surface area contributed by atoms with Crippen molar-refractivity contribution in [1.29, 1.82) is 0 Å². The Kier molecular flexibility index (Phi) is 11.9. The highest BCUT2D eigenvalue weighted by Gasteiger charge is 2.27. The summed E-state index contributed by atoms with van der Waals surface area (Å²) in [7, 11) is 5.07. The van der Waals surface area contributed by atoms with Crippen molar-refractivity contribution in [3.63, 3.8) is 0 Å². The average Bonchev–Trinajstić information content (AvgIpc) is 2.84. The van der Waals surface area contributed by atoms with Gasteiger partial charge >= 0.3 is 0 Å². The lowest BCUT2D eigenvalue weighted by molar-refractivity contribution is 0.190. The minimum Gasteiger partial charge on any atom is -0.383 e. The zero-order chi connectivity index (χ0) is 24.1. The fourth-order valence-electron chi connectivity index (χ4n) is 3.90. The molecule has 0 fully saturated rings. The van der Waals surface area contributed by atoms with Gasteiger partial charge in [0.05, 0.1) is 26.4 Å². The summed E-state index contributed by atoms with van der Waals surface area (Å²) in [6.45, 7) is 11.0. The molecule has 0 unspecified atom stereocenters. The maximum Gasteiger partial charge on any atom is 0.112 e. The standard InChI is InChI=1S/C26H42N2O4Si/c1-29-17-13-27(14-18-30-2)23-9-7-11-25(21-23)33(5,6)26-12-8-10-24(22-26)28(15-19-31-3)16-20-32-4/h7-12,21-22H,13-20H2,1-6H3. The third-order valence-electron chi connectivity index (χ3n) is 6.13. The fourth-order valence-corrected chi connectivity index (χ4v) is 6.27. The van der Waals surface area contributed by atoms with Crippen LogP contribution in [0.4, 0.5) is 11.4 Å². The van der Waals surface area contributed by atoms with Crippen molar-refractivity contribution in [1.82, 2.24) is 0 Å². The van der Waals surface area contributed by atoms with Crippen LogP contribution in [0, 0.1) is 0 Å². The molecule has 0 heterocycles. The summed E-state index contributed by atoms with van der Waals surface area (Å²) < 4.78 is 21.3. The number of rotatable bonds is 16. The summed E-state index contributed by atoms with van der Waals surface area (Å²) in [4.78, 5) is 4.68. The van der Waals surface area contributed by atoms with Crippen LogP contribution in [0.2, 0.25) is 13.1 Å².